The summed E-state index contributed by atoms with van der Waals surface area (Å²) in [6, 6.07) is 11.4. The fourth-order valence-corrected chi connectivity index (χ4v) is 3.05. The number of rotatable bonds is 4. The van der Waals surface area contributed by atoms with Gasteiger partial charge in [0, 0.05) is 28.4 Å². The first-order chi connectivity index (χ1) is 13.9. The van der Waals surface area contributed by atoms with Crippen LogP contribution in [0.4, 0.5) is 0 Å². The average Bonchev–Trinajstić information content (AvgIpc) is 2.73. The zero-order valence-electron chi connectivity index (χ0n) is 16.6. The van der Waals surface area contributed by atoms with Gasteiger partial charge in [0.15, 0.2) is 0 Å². The van der Waals surface area contributed by atoms with Crippen molar-refractivity contribution in [2.45, 2.75) is 26.7 Å². The predicted octanol–water partition coefficient (Wildman–Crippen LogP) is 5.79. The number of carbonyl (C=O) groups excluding carboxylic acids is 1. The van der Waals surface area contributed by atoms with Gasteiger partial charge in [-0.15, -0.1) is 6.58 Å². The lowest BCUT2D eigenvalue weighted by Crippen LogP contribution is -2.25. The Balaban J connectivity index is 1.86. The molecule has 4 heteroatoms. The molecular formula is C25H23ClN2O. The highest BCUT2D eigenvalue weighted by Gasteiger charge is 2.16. The van der Waals surface area contributed by atoms with Crippen molar-refractivity contribution in [3.8, 4) is 11.8 Å². The molecule has 146 valence electrons. The number of hydrogen-bond donors (Lipinski definition) is 1. The summed E-state index contributed by atoms with van der Waals surface area (Å²) in [5.74, 6) is 6.15. The number of amides is 1. The van der Waals surface area contributed by atoms with Crippen LogP contribution >= 0.6 is 11.6 Å². The zero-order chi connectivity index (χ0) is 20.9. The second-order valence-corrected chi connectivity index (χ2v) is 7.74. The predicted molar refractivity (Wildman–Crippen MR) is 119 cm³/mol. The largest absolute Gasteiger partial charge is 0.325 e. The van der Waals surface area contributed by atoms with E-state index < -0.39 is 0 Å². The van der Waals surface area contributed by atoms with E-state index in [9.17, 15) is 4.79 Å². The van der Waals surface area contributed by atoms with Gasteiger partial charge in [-0.05, 0) is 56.5 Å². The SMILES string of the molecule is C=CC(C)(C)C#Cc1ccc(C2=C(NC(=O)c3cccnc3Cl)CCC=C2)cc1. The van der Waals surface area contributed by atoms with Crippen LogP contribution in [0.5, 0.6) is 0 Å². The highest BCUT2D eigenvalue weighted by atomic mass is 35.5. The van der Waals surface area contributed by atoms with E-state index in [1.54, 1.807) is 18.3 Å². The van der Waals surface area contributed by atoms with Crippen molar-refractivity contribution in [1.29, 1.82) is 0 Å². The minimum absolute atomic E-state index is 0.198. The summed E-state index contributed by atoms with van der Waals surface area (Å²) in [6.45, 7) is 7.88. The zero-order valence-corrected chi connectivity index (χ0v) is 17.4. The third-order valence-electron chi connectivity index (χ3n) is 4.67. The van der Waals surface area contributed by atoms with Crippen LogP contribution in [0, 0.1) is 17.3 Å². The van der Waals surface area contributed by atoms with Gasteiger partial charge in [0.05, 0.1) is 5.56 Å². The highest BCUT2D eigenvalue weighted by molar-refractivity contribution is 6.32. The number of aromatic nitrogens is 1. The topological polar surface area (TPSA) is 42.0 Å². The fourth-order valence-electron chi connectivity index (χ4n) is 2.84. The lowest BCUT2D eigenvalue weighted by atomic mass is 9.93. The van der Waals surface area contributed by atoms with Gasteiger partial charge >= 0.3 is 0 Å². The molecule has 1 heterocycles. The van der Waals surface area contributed by atoms with Crippen molar-refractivity contribution in [3.63, 3.8) is 0 Å². The number of nitrogens with zero attached hydrogens (tertiary/aromatic N) is 1. The summed E-state index contributed by atoms with van der Waals surface area (Å²) in [5.41, 5.74) is 3.99. The summed E-state index contributed by atoms with van der Waals surface area (Å²) in [6.07, 6.45) is 9.20. The van der Waals surface area contributed by atoms with E-state index in [2.05, 4.69) is 34.8 Å². The second-order valence-electron chi connectivity index (χ2n) is 7.38. The van der Waals surface area contributed by atoms with Crippen LogP contribution in [0.2, 0.25) is 5.15 Å². The Kier molecular flexibility index (Phi) is 6.36. The maximum absolute atomic E-state index is 12.7. The molecule has 3 rings (SSSR count). The number of carbonyl (C=O) groups is 1. The molecule has 0 aliphatic heterocycles. The van der Waals surface area contributed by atoms with Crippen LogP contribution in [0.25, 0.3) is 5.57 Å². The van der Waals surface area contributed by atoms with Crippen molar-refractivity contribution < 1.29 is 4.79 Å². The molecule has 0 bridgehead atoms. The van der Waals surface area contributed by atoms with Crippen molar-refractivity contribution in [3.05, 3.63) is 94.9 Å². The van der Waals surface area contributed by atoms with Crippen LogP contribution in [0.3, 0.4) is 0 Å². The summed E-state index contributed by atoms with van der Waals surface area (Å²) < 4.78 is 0. The minimum Gasteiger partial charge on any atom is -0.325 e. The number of allylic oxidation sites excluding steroid dienone is 5. The molecule has 1 N–H and O–H groups in total. The van der Waals surface area contributed by atoms with Crippen LogP contribution in [-0.4, -0.2) is 10.9 Å². The molecule has 0 saturated carbocycles. The molecular weight excluding hydrogens is 380 g/mol. The van der Waals surface area contributed by atoms with Crippen molar-refractivity contribution >= 4 is 23.1 Å². The maximum Gasteiger partial charge on any atom is 0.258 e. The van der Waals surface area contributed by atoms with Gasteiger partial charge < -0.3 is 5.32 Å². The third kappa shape index (κ3) is 5.25. The number of halogens is 1. The maximum atomic E-state index is 12.7. The Hall–Kier alpha value is -3.09. The molecule has 2 aromatic rings. The Labute approximate surface area is 177 Å². The molecule has 29 heavy (non-hydrogen) atoms. The Morgan fingerprint density at radius 1 is 1.28 bits per heavy atom. The number of nitrogens with one attached hydrogen (secondary N) is 1. The molecule has 1 aromatic carbocycles. The van der Waals surface area contributed by atoms with E-state index in [0.717, 1.165) is 35.2 Å². The van der Waals surface area contributed by atoms with Crippen molar-refractivity contribution in [1.82, 2.24) is 10.3 Å². The van der Waals surface area contributed by atoms with Gasteiger partial charge in [-0.1, -0.05) is 53.8 Å². The molecule has 0 atom stereocenters. The van der Waals surface area contributed by atoms with E-state index in [-0.39, 0.29) is 16.5 Å². The van der Waals surface area contributed by atoms with Crippen molar-refractivity contribution in [2.75, 3.05) is 0 Å². The van der Waals surface area contributed by atoms with Gasteiger partial charge in [0.25, 0.3) is 5.91 Å². The Morgan fingerprint density at radius 2 is 2.03 bits per heavy atom. The molecule has 0 unspecified atom stereocenters. The van der Waals surface area contributed by atoms with E-state index in [1.165, 1.54) is 0 Å². The van der Waals surface area contributed by atoms with Crippen LogP contribution < -0.4 is 5.32 Å². The van der Waals surface area contributed by atoms with Crippen LogP contribution in [0.15, 0.2) is 73.1 Å². The van der Waals surface area contributed by atoms with E-state index in [4.69, 9.17) is 11.6 Å². The average molecular weight is 403 g/mol. The highest BCUT2D eigenvalue weighted by Crippen LogP contribution is 2.27. The monoisotopic (exact) mass is 402 g/mol. The molecule has 1 aliphatic rings. The standard InChI is InChI=1S/C25H23ClN2O/c1-4-25(2,3)16-15-18-11-13-19(14-12-18)20-8-5-6-10-22(20)28-24(29)21-9-7-17-27-23(21)26/h4-5,7-9,11-14,17H,1,6,10H2,2-3H3,(H,28,29). The normalized spacial score (nSPS) is 13.5. The summed E-state index contributed by atoms with van der Waals surface area (Å²) in [5, 5.41) is 3.22. The molecule has 0 radical (unpaired) electrons. The van der Waals surface area contributed by atoms with E-state index in [0.29, 0.717) is 5.56 Å². The van der Waals surface area contributed by atoms with Gasteiger partial charge in [-0.2, -0.15) is 0 Å². The molecule has 0 spiro atoms. The quantitative estimate of drug-likeness (QED) is 0.399. The summed E-state index contributed by atoms with van der Waals surface area (Å²) in [4.78, 5) is 16.6. The van der Waals surface area contributed by atoms with Gasteiger partial charge in [-0.3, -0.25) is 4.79 Å². The van der Waals surface area contributed by atoms with E-state index >= 15 is 0 Å². The number of benzene rings is 1. The van der Waals surface area contributed by atoms with E-state index in [1.807, 2.05) is 50.3 Å². The molecule has 1 amide bonds. The van der Waals surface area contributed by atoms with Gasteiger partial charge in [0.2, 0.25) is 0 Å². The van der Waals surface area contributed by atoms with Gasteiger partial charge in [0.1, 0.15) is 5.15 Å². The smallest absolute Gasteiger partial charge is 0.258 e. The second kappa shape index (κ2) is 8.94. The first-order valence-electron chi connectivity index (χ1n) is 9.48. The van der Waals surface area contributed by atoms with Crippen LogP contribution in [-0.2, 0) is 0 Å². The molecule has 1 aromatic heterocycles. The number of pyridine rings is 1. The van der Waals surface area contributed by atoms with Crippen LogP contribution in [0.1, 0.15) is 48.2 Å². The minimum atomic E-state index is -0.250. The Morgan fingerprint density at radius 3 is 2.72 bits per heavy atom. The lowest BCUT2D eigenvalue weighted by molar-refractivity contribution is 0.0964. The van der Waals surface area contributed by atoms with Gasteiger partial charge in [-0.25, -0.2) is 4.98 Å². The first kappa shape index (κ1) is 20.6. The molecule has 3 nitrogen and oxygen atoms in total. The molecule has 1 aliphatic carbocycles. The molecule has 0 saturated heterocycles. The summed E-state index contributed by atoms with van der Waals surface area (Å²) in [7, 11) is 0. The number of hydrogen-bond acceptors (Lipinski definition) is 2. The van der Waals surface area contributed by atoms with Crippen molar-refractivity contribution in [2.24, 2.45) is 5.41 Å². The third-order valence-corrected chi connectivity index (χ3v) is 4.98. The fraction of sp³-hybridized carbons (Fsp3) is 0.200. The lowest BCUT2D eigenvalue weighted by Gasteiger charge is -2.18. The molecule has 0 fully saturated rings. The first-order valence-corrected chi connectivity index (χ1v) is 9.86. The Bertz CT molecular complexity index is 1050. The summed E-state index contributed by atoms with van der Waals surface area (Å²) >= 11 is 6.06.